The molecule has 0 aliphatic carbocycles. The Bertz CT molecular complexity index is 760. The molecule has 0 saturated carbocycles. The van der Waals surface area contributed by atoms with Gasteiger partial charge in [-0.3, -0.25) is 4.57 Å². The number of aromatic nitrogens is 3. The summed E-state index contributed by atoms with van der Waals surface area (Å²) in [5.41, 5.74) is 2.53. The number of fused-ring (bicyclic) bond motifs is 1. The molecule has 18 heavy (non-hydrogen) atoms. The number of aromatic amines is 1. The summed E-state index contributed by atoms with van der Waals surface area (Å²) < 4.78 is 15.6. The average Bonchev–Trinajstić information content (AvgIpc) is 2.66. The van der Waals surface area contributed by atoms with E-state index in [2.05, 4.69) is 9.97 Å². The number of rotatable bonds is 2. The van der Waals surface area contributed by atoms with Gasteiger partial charge in [-0.05, 0) is 42.0 Å². The largest absolute Gasteiger partial charge is 0.329 e. The highest BCUT2D eigenvalue weighted by molar-refractivity contribution is 7.71. The number of halogens is 1. The number of H-pyrrole nitrogens is 1. The van der Waals surface area contributed by atoms with Crippen LogP contribution < -0.4 is 0 Å². The van der Waals surface area contributed by atoms with Crippen molar-refractivity contribution >= 4 is 23.4 Å². The number of nitrogens with one attached hydrogen (secondary N) is 1. The predicted octanol–water partition coefficient (Wildman–Crippen LogP) is 3.28. The van der Waals surface area contributed by atoms with Crippen LogP contribution in [0.4, 0.5) is 4.39 Å². The second kappa shape index (κ2) is 4.34. The van der Waals surface area contributed by atoms with E-state index in [-0.39, 0.29) is 5.82 Å². The minimum Gasteiger partial charge on any atom is -0.329 e. The second-order valence-corrected chi connectivity index (χ2v) is 4.41. The zero-order chi connectivity index (χ0) is 12.5. The Morgan fingerprint density at radius 3 is 3.00 bits per heavy atom. The number of hydrogen-bond acceptors (Lipinski definition) is 2. The van der Waals surface area contributed by atoms with E-state index < -0.39 is 0 Å². The molecule has 3 nitrogen and oxygen atoms in total. The summed E-state index contributed by atoms with van der Waals surface area (Å²) in [4.78, 5) is 7.38. The van der Waals surface area contributed by atoms with Gasteiger partial charge < -0.3 is 4.98 Å². The summed E-state index contributed by atoms with van der Waals surface area (Å²) in [6, 6.07) is 10.3. The molecule has 0 saturated heterocycles. The quantitative estimate of drug-likeness (QED) is 0.716. The van der Waals surface area contributed by atoms with Crippen molar-refractivity contribution in [1.29, 1.82) is 0 Å². The van der Waals surface area contributed by atoms with E-state index in [1.807, 2.05) is 22.8 Å². The minimum absolute atomic E-state index is 0.244. The minimum atomic E-state index is -0.244. The molecule has 90 valence electrons. The molecule has 5 heteroatoms. The number of imidazole rings is 1. The second-order valence-electron chi connectivity index (χ2n) is 4.02. The molecule has 0 fully saturated rings. The van der Waals surface area contributed by atoms with Crippen molar-refractivity contribution in [1.82, 2.24) is 14.5 Å². The van der Waals surface area contributed by atoms with Crippen molar-refractivity contribution in [2.45, 2.75) is 6.54 Å². The smallest absolute Gasteiger partial charge is 0.179 e. The van der Waals surface area contributed by atoms with Gasteiger partial charge in [-0.15, -0.1) is 0 Å². The van der Waals surface area contributed by atoms with Crippen LogP contribution in [-0.4, -0.2) is 14.5 Å². The maximum atomic E-state index is 13.2. The first-order valence-electron chi connectivity index (χ1n) is 5.52. The van der Waals surface area contributed by atoms with Gasteiger partial charge in [0.15, 0.2) is 10.4 Å². The summed E-state index contributed by atoms with van der Waals surface area (Å²) in [5.74, 6) is -0.244. The van der Waals surface area contributed by atoms with Crippen LogP contribution in [0.5, 0.6) is 0 Å². The standard InChI is InChI=1S/C13H10FN3S/c14-10-4-1-3-9(7-10)8-17-12-11(16-13(17)18)5-2-6-15-12/h1-7H,8H2,(H,16,18). The van der Waals surface area contributed by atoms with E-state index in [9.17, 15) is 4.39 Å². The highest BCUT2D eigenvalue weighted by Crippen LogP contribution is 2.13. The van der Waals surface area contributed by atoms with Gasteiger partial charge in [-0.2, -0.15) is 0 Å². The maximum Gasteiger partial charge on any atom is 0.179 e. The molecule has 0 amide bonds. The lowest BCUT2D eigenvalue weighted by Crippen LogP contribution is -2.00. The van der Waals surface area contributed by atoms with E-state index in [0.717, 1.165) is 16.7 Å². The van der Waals surface area contributed by atoms with Crippen LogP contribution in [0.3, 0.4) is 0 Å². The van der Waals surface area contributed by atoms with Gasteiger partial charge in [0.25, 0.3) is 0 Å². The van der Waals surface area contributed by atoms with E-state index in [1.165, 1.54) is 12.1 Å². The maximum absolute atomic E-state index is 13.2. The Labute approximate surface area is 108 Å². The first-order valence-corrected chi connectivity index (χ1v) is 5.93. The topological polar surface area (TPSA) is 33.6 Å². The first kappa shape index (κ1) is 11.1. The highest BCUT2D eigenvalue weighted by Gasteiger charge is 2.05. The molecule has 2 heterocycles. The van der Waals surface area contributed by atoms with Crippen molar-refractivity contribution in [3.63, 3.8) is 0 Å². The van der Waals surface area contributed by atoms with Crippen LogP contribution >= 0.6 is 12.2 Å². The molecule has 3 aromatic rings. The van der Waals surface area contributed by atoms with Crippen LogP contribution in [0, 0.1) is 10.6 Å². The van der Waals surface area contributed by atoms with Gasteiger partial charge in [-0.25, -0.2) is 9.37 Å². The third-order valence-electron chi connectivity index (χ3n) is 2.76. The molecule has 1 aromatic carbocycles. The molecule has 0 bridgehead atoms. The van der Waals surface area contributed by atoms with Crippen molar-refractivity contribution in [2.24, 2.45) is 0 Å². The lowest BCUT2D eigenvalue weighted by molar-refractivity contribution is 0.623. The lowest BCUT2D eigenvalue weighted by Gasteiger charge is -2.04. The van der Waals surface area contributed by atoms with E-state index in [4.69, 9.17) is 12.2 Å². The number of benzene rings is 1. The Morgan fingerprint density at radius 1 is 1.28 bits per heavy atom. The number of hydrogen-bond donors (Lipinski definition) is 1. The summed E-state index contributed by atoms with van der Waals surface area (Å²) in [6.07, 6.45) is 1.72. The molecule has 0 aliphatic heterocycles. The summed E-state index contributed by atoms with van der Waals surface area (Å²) >= 11 is 5.26. The molecular formula is C13H10FN3S. The van der Waals surface area contributed by atoms with E-state index in [1.54, 1.807) is 12.3 Å². The molecule has 3 rings (SSSR count). The fraction of sp³-hybridized carbons (Fsp3) is 0.0769. The highest BCUT2D eigenvalue weighted by atomic mass is 32.1. The molecule has 0 aliphatic rings. The van der Waals surface area contributed by atoms with Crippen LogP contribution in [-0.2, 0) is 6.54 Å². The predicted molar refractivity (Wildman–Crippen MR) is 70.4 cm³/mol. The SMILES string of the molecule is Fc1cccc(Cn2c(=S)[nH]c3cccnc32)c1. The van der Waals surface area contributed by atoms with Crippen molar-refractivity contribution in [3.8, 4) is 0 Å². The van der Waals surface area contributed by atoms with Crippen LogP contribution in [0.25, 0.3) is 11.2 Å². The van der Waals surface area contributed by atoms with E-state index >= 15 is 0 Å². The van der Waals surface area contributed by atoms with Crippen molar-refractivity contribution in [2.75, 3.05) is 0 Å². The van der Waals surface area contributed by atoms with Crippen LogP contribution in [0.1, 0.15) is 5.56 Å². The third kappa shape index (κ3) is 1.93. The molecule has 0 spiro atoms. The van der Waals surface area contributed by atoms with Crippen LogP contribution in [0.2, 0.25) is 0 Å². The van der Waals surface area contributed by atoms with Crippen LogP contribution in [0.15, 0.2) is 42.6 Å². The van der Waals surface area contributed by atoms with Gasteiger partial charge in [0.1, 0.15) is 5.82 Å². The molecule has 2 aromatic heterocycles. The monoisotopic (exact) mass is 259 g/mol. The Kier molecular flexibility index (Phi) is 2.68. The fourth-order valence-corrected chi connectivity index (χ4v) is 2.21. The fourth-order valence-electron chi connectivity index (χ4n) is 1.95. The molecule has 0 unspecified atom stereocenters. The van der Waals surface area contributed by atoms with Crippen molar-refractivity contribution in [3.05, 3.63) is 58.7 Å². The Morgan fingerprint density at radius 2 is 2.17 bits per heavy atom. The summed E-state index contributed by atoms with van der Waals surface area (Å²) in [6.45, 7) is 0.508. The normalized spacial score (nSPS) is 10.9. The number of nitrogens with zero attached hydrogens (tertiary/aromatic N) is 2. The first-order chi connectivity index (χ1) is 8.74. The molecule has 0 atom stereocenters. The van der Waals surface area contributed by atoms with E-state index in [0.29, 0.717) is 11.3 Å². The van der Waals surface area contributed by atoms with Gasteiger partial charge in [0, 0.05) is 6.20 Å². The number of pyridine rings is 1. The summed E-state index contributed by atoms with van der Waals surface area (Å²) in [5, 5.41) is 0. The third-order valence-corrected chi connectivity index (χ3v) is 3.08. The van der Waals surface area contributed by atoms with Crippen molar-refractivity contribution < 1.29 is 4.39 Å². The van der Waals surface area contributed by atoms with Gasteiger partial charge in [-0.1, -0.05) is 12.1 Å². The lowest BCUT2D eigenvalue weighted by atomic mass is 10.2. The summed E-state index contributed by atoms with van der Waals surface area (Å²) in [7, 11) is 0. The zero-order valence-electron chi connectivity index (χ0n) is 9.43. The molecule has 1 N–H and O–H groups in total. The van der Waals surface area contributed by atoms with Gasteiger partial charge in [0.05, 0.1) is 12.1 Å². The Balaban J connectivity index is 2.10. The average molecular weight is 259 g/mol. The molecule has 0 radical (unpaired) electrons. The Hall–Kier alpha value is -2.01. The molecular weight excluding hydrogens is 249 g/mol. The zero-order valence-corrected chi connectivity index (χ0v) is 10.2. The van der Waals surface area contributed by atoms with Gasteiger partial charge in [0.2, 0.25) is 0 Å². The van der Waals surface area contributed by atoms with Gasteiger partial charge >= 0.3 is 0 Å².